The van der Waals surface area contributed by atoms with E-state index in [4.69, 9.17) is 0 Å². The largest absolute Gasteiger partial charge is 0.242 e. The standard InChI is InChI=1S/C6H6.C3H6F2.C2H6/c1-2-4-6-5-3-1;1-3(2,4)5;1-2/h1-6H;1-2H3;1-2H3. The van der Waals surface area contributed by atoms with Gasteiger partial charge in [0.1, 0.15) is 0 Å². The zero-order valence-corrected chi connectivity index (χ0v) is 8.72. The van der Waals surface area contributed by atoms with E-state index in [0.717, 1.165) is 13.8 Å². The summed E-state index contributed by atoms with van der Waals surface area (Å²) < 4.78 is 22.0. The average molecular weight is 188 g/mol. The van der Waals surface area contributed by atoms with Crippen molar-refractivity contribution in [1.82, 2.24) is 0 Å². The van der Waals surface area contributed by atoms with Gasteiger partial charge in [0, 0.05) is 0 Å². The number of rotatable bonds is 0. The van der Waals surface area contributed by atoms with E-state index < -0.39 is 5.92 Å². The average Bonchev–Trinajstić information content (AvgIpc) is 2.08. The Morgan fingerprint density at radius 3 is 0.846 bits per heavy atom. The van der Waals surface area contributed by atoms with Crippen LogP contribution in [-0.4, -0.2) is 5.92 Å². The second kappa shape index (κ2) is 9.17. The van der Waals surface area contributed by atoms with Gasteiger partial charge in [-0.2, -0.15) is 0 Å². The molecule has 76 valence electrons. The molecule has 0 N–H and O–H groups in total. The highest BCUT2D eigenvalue weighted by molar-refractivity contribution is 4.99. The highest BCUT2D eigenvalue weighted by atomic mass is 19.3. The molecule has 1 aromatic rings. The second-order valence-electron chi connectivity index (χ2n) is 2.48. The first-order chi connectivity index (χ1) is 6.00. The van der Waals surface area contributed by atoms with E-state index in [9.17, 15) is 8.78 Å². The number of alkyl halides is 2. The fourth-order valence-electron chi connectivity index (χ4n) is 0.385. The molecule has 2 heteroatoms. The van der Waals surface area contributed by atoms with E-state index in [-0.39, 0.29) is 0 Å². The van der Waals surface area contributed by atoms with Crippen molar-refractivity contribution in [3.05, 3.63) is 36.4 Å². The summed E-state index contributed by atoms with van der Waals surface area (Å²) in [6.07, 6.45) is 0. The third kappa shape index (κ3) is 35.4. The summed E-state index contributed by atoms with van der Waals surface area (Å²) in [6.45, 7) is 5.71. The SMILES string of the molecule is CC.CC(C)(F)F.c1ccccc1. The maximum absolute atomic E-state index is 11.0. The molecule has 0 heterocycles. The fraction of sp³-hybridized carbons (Fsp3) is 0.455. The number of halogens is 2. The molecule has 0 unspecified atom stereocenters. The van der Waals surface area contributed by atoms with Crippen LogP contribution in [0.1, 0.15) is 27.7 Å². The molecule has 0 saturated carbocycles. The lowest BCUT2D eigenvalue weighted by Gasteiger charge is -1.94. The molecule has 0 saturated heterocycles. The predicted molar refractivity (Wildman–Crippen MR) is 54.1 cm³/mol. The Morgan fingerprint density at radius 2 is 0.769 bits per heavy atom. The summed E-state index contributed by atoms with van der Waals surface area (Å²) in [5.74, 6) is -2.50. The van der Waals surface area contributed by atoms with Crippen molar-refractivity contribution in [2.24, 2.45) is 0 Å². The molecule has 0 aliphatic heterocycles. The van der Waals surface area contributed by atoms with Gasteiger partial charge in [-0.25, -0.2) is 8.78 Å². The molecule has 0 bridgehead atoms. The summed E-state index contributed by atoms with van der Waals surface area (Å²) in [4.78, 5) is 0. The molecule has 0 aliphatic rings. The van der Waals surface area contributed by atoms with Crippen molar-refractivity contribution in [2.75, 3.05) is 0 Å². The Kier molecular flexibility index (Phi) is 10.3. The molecular weight excluding hydrogens is 170 g/mol. The topological polar surface area (TPSA) is 0 Å². The lowest BCUT2D eigenvalue weighted by molar-refractivity contribution is 0.0437. The normalized spacial score (nSPS) is 8.77. The van der Waals surface area contributed by atoms with Gasteiger partial charge in [-0.05, 0) is 13.8 Å². The van der Waals surface area contributed by atoms with Crippen molar-refractivity contribution in [3.63, 3.8) is 0 Å². The lowest BCUT2D eigenvalue weighted by atomic mass is 10.4. The van der Waals surface area contributed by atoms with Gasteiger partial charge in [0.25, 0.3) is 0 Å². The Labute approximate surface area is 79.6 Å². The van der Waals surface area contributed by atoms with Gasteiger partial charge in [0.15, 0.2) is 0 Å². The number of hydrogen-bond donors (Lipinski definition) is 0. The first kappa shape index (κ1) is 14.6. The molecule has 0 amide bonds. The van der Waals surface area contributed by atoms with E-state index >= 15 is 0 Å². The van der Waals surface area contributed by atoms with Crippen LogP contribution >= 0.6 is 0 Å². The molecule has 1 rings (SSSR count). The highest BCUT2D eigenvalue weighted by Gasteiger charge is 2.08. The lowest BCUT2D eigenvalue weighted by Crippen LogP contribution is -1.98. The minimum atomic E-state index is -2.50. The van der Waals surface area contributed by atoms with Crippen LogP contribution in [-0.2, 0) is 0 Å². The molecule has 0 nitrogen and oxygen atoms in total. The maximum atomic E-state index is 11.0. The Hall–Kier alpha value is -0.920. The summed E-state index contributed by atoms with van der Waals surface area (Å²) in [7, 11) is 0. The van der Waals surface area contributed by atoms with Crippen LogP contribution in [0.4, 0.5) is 8.78 Å². The van der Waals surface area contributed by atoms with E-state index in [1.165, 1.54) is 0 Å². The van der Waals surface area contributed by atoms with Crippen LogP contribution in [0.15, 0.2) is 36.4 Å². The van der Waals surface area contributed by atoms with Crippen LogP contribution in [0.2, 0.25) is 0 Å². The molecule has 1 aromatic carbocycles. The summed E-state index contributed by atoms with van der Waals surface area (Å²) in [5, 5.41) is 0. The second-order valence-corrected chi connectivity index (χ2v) is 2.48. The molecule has 0 spiro atoms. The third-order valence-electron chi connectivity index (χ3n) is 0.667. The van der Waals surface area contributed by atoms with Crippen molar-refractivity contribution in [1.29, 1.82) is 0 Å². The minimum Gasteiger partial charge on any atom is -0.208 e. The van der Waals surface area contributed by atoms with Crippen molar-refractivity contribution < 1.29 is 8.78 Å². The van der Waals surface area contributed by atoms with E-state index in [0.29, 0.717) is 0 Å². The van der Waals surface area contributed by atoms with Gasteiger partial charge in [-0.1, -0.05) is 50.2 Å². The van der Waals surface area contributed by atoms with Gasteiger partial charge in [0.2, 0.25) is 5.92 Å². The van der Waals surface area contributed by atoms with Gasteiger partial charge < -0.3 is 0 Å². The summed E-state index contributed by atoms with van der Waals surface area (Å²) >= 11 is 0. The first-order valence-electron chi connectivity index (χ1n) is 4.38. The minimum absolute atomic E-state index is 0.854. The van der Waals surface area contributed by atoms with Gasteiger partial charge >= 0.3 is 0 Å². The van der Waals surface area contributed by atoms with Gasteiger partial charge in [-0.15, -0.1) is 0 Å². The molecule has 0 fully saturated rings. The van der Waals surface area contributed by atoms with E-state index in [2.05, 4.69) is 0 Å². The number of hydrogen-bond acceptors (Lipinski definition) is 0. The quantitative estimate of drug-likeness (QED) is 0.567. The zero-order valence-electron chi connectivity index (χ0n) is 8.72. The molecule has 13 heavy (non-hydrogen) atoms. The van der Waals surface area contributed by atoms with Crippen molar-refractivity contribution in [3.8, 4) is 0 Å². The molecule has 0 aliphatic carbocycles. The van der Waals surface area contributed by atoms with Crippen molar-refractivity contribution >= 4 is 0 Å². The third-order valence-corrected chi connectivity index (χ3v) is 0.667. The first-order valence-corrected chi connectivity index (χ1v) is 4.38. The van der Waals surface area contributed by atoms with Crippen LogP contribution in [0, 0.1) is 0 Å². The number of benzene rings is 1. The molecule has 0 radical (unpaired) electrons. The van der Waals surface area contributed by atoms with Crippen molar-refractivity contribution in [2.45, 2.75) is 33.6 Å². The molecular formula is C11H18F2. The molecule has 0 atom stereocenters. The maximum Gasteiger partial charge on any atom is 0.242 e. The highest BCUT2D eigenvalue weighted by Crippen LogP contribution is 2.06. The Bertz CT molecular complexity index is 132. The zero-order chi connectivity index (χ0) is 10.7. The van der Waals surface area contributed by atoms with E-state index in [1.54, 1.807) is 0 Å². The fourth-order valence-corrected chi connectivity index (χ4v) is 0.385. The van der Waals surface area contributed by atoms with Gasteiger partial charge in [-0.3, -0.25) is 0 Å². The Balaban J connectivity index is 0. The van der Waals surface area contributed by atoms with Crippen LogP contribution < -0.4 is 0 Å². The summed E-state index contributed by atoms with van der Waals surface area (Å²) in [5.41, 5.74) is 0. The van der Waals surface area contributed by atoms with E-state index in [1.807, 2.05) is 50.2 Å². The van der Waals surface area contributed by atoms with Crippen LogP contribution in [0.5, 0.6) is 0 Å². The van der Waals surface area contributed by atoms with Crippen LogP contribution in [0.25, 0.3) is 0 Å². The smallest absolute Gasteiger partial charge is 0.208 e. The van der Waals surface area contributed by atoms with Crippen LogP contribution in [0.3, 0.4) is 0 Å². The monoisotopic (exact) mass is 188 g/mol. The van der Waals surface area contributed by atoms with Gasteiger partial charge in [0.05, 0.1) is 0 Å². The predicted octanol–water partition coefficient (Wildman–Crippen LogP) is 4.37. The Morgan fingerprint density at radius 1 is 0.692 bits per heavy atom. The summed E-state index contributed by atoms with van der Waals surface area (Å²) in [6, 6.07) is 12.0. The molecule has 0 aromatic heterocycles.